The molecule has 1 saturated carbocycles. The molecule has 1 fully saturated rings. The fraction of sp³-hybridized carbons (Fsp3) is 1.00. The van der Waals surface area contributed by atoms with Gasteiger partial charge >= 0.3 is 0 Å². The predicted octanol–water partition coefficient (Wildman–Crippen LogP) is -0.0585. The van der Waals surface area contributed by atoms with Gasteiger partial charge in [0.2, 0.25) is 0 Å². The van der Waals surface area contributed by atoms with E-state index >= 15 is 0 Å². The number of hydrogen-bond donors (Lipinski definition) is 1. The minimum absolute atomic E-state index is 0.481. The topological polar surface area (TPSA) is 27.5 Å². The maximum atomic E-state index is 10.8. The molecule has 0 aliphatic heterocycles. The molecule has 0 aromatic heterocycles. The maximum absolute atomic E-state index is 10.8. The van der Waals surface area contributed by atoms with Crippen LogP contribution >= 0.6 is 0 Å². The van der Waals surface area contributed by atoms with E-state index < -0.39 is 0 Å². The van der Waals surface area contributed by atoms with Gasteiger partial charge in [0.05, 0.1) is 12.6 Å². The van der Waals surface area contributed by atoms with Gasteiger partial charge in [0.1, 0.15) is 0 Å². The standard InChI is InChI=1S/C6H13NO/c1-2-5-7(8)6-3-4-6/h6-7H,2-5H2,1H3. The van der Waals surface area contributed by atoms with Crippen molar-refractivity contribution in [2.45, 2.75) is 32.2 Å². The average molecular weight is 115 g/mol. The Balaban J connectivity index is 2.03. The molecule has 0 amide bonds. The highest BCUT2D eigenvalue weighted by Crippen LogP contribution is 2.14. The van der Waals surface area contributed by atoms with E-state index in [4.69, 9.17) is 0 Å². The summed E-state index contributed by atoms with van der Waals surface area (Å²) in [6.45, 7) is 2.87. The van der Waals surface area contributed by atoms with Gasteiger partial charge in [0.15, 0.2) is 0 Å². The van der Waals surface area contributed by atoms with Crippen molar-refractivity contribution in [1.82, 2.24) is 0 Å². The van der Waals surface area contributed by atoms with Crippen LogP contribution in [0.15, 0.2) is 0 Å². The number of rotatable bonds is 3. The van der Waals surface area contributed by atoms with Crippen molar-refractivity contribution in [1.29, 1.82) is 0 Å². The number of quaternary nitrogens is 1. The molecule has 1 aliphatic rings. The molecule has 0 heterocycles. The molecule has 0 aromatic rings. The highest BCUT2D eigenvalue weighted by molar-refractivity contribution is 4.71. The molecule has 8 heavy (non-hydrogen) atoms. The third-order valence-corrected chi connectivity index (χ3v) is 1.53. The normalized spacial score (nSPS) is 23.2. The first-order valence-corrected chi connectivity index (χ1v) is 3.37. The second kappa shape index (κ2) is 2.46. The number of hydroxylamine groups is 2. The molecule has 0 spiro atoms. The van der Waals surface area contributed by atoms with Crippen LogP contribution in [0.25, 0.3) is 0 Å². The quantitative estimate of drug-likeness (QED) is 0.513. The third-order valence-electron chi connectivity index (χ3n) is 1.53. The van der Waals surface area contributed by atoms with Crippen molar-refractivity contribution < 1.29 is 5.06 Å². The SMILES string of the molecule is CCC[NH+]([O-])C1CC1. The highest BCUT2D eigenvalue weighted by Gasteiger charge is 2.27. The van der Waals surface area contributed by atoms with Crippen LogP contribution in [-0.4, -0.2) is 12.6 Å². The third kappa shape index (κ3) is 1.46. The molecule has 0 saturated heterocycles. The Morgan fingerprint density at radius 1 is 1.62 bits per heavy atom. The van der Waals surface area contributed by atoms with Gasteiger partial charge < -0.3 is 10.3 Å². The van der Waals surface area contributed by atoms with E-state index in [1.54, 1.807) is 0 Å². The molecule has 2 heteroatoms. The summed E-state index contributed by atoms with van der Waals surface area (Å²) in [5.41, 5.74) is 0. The van der Waals surface area contributed by atoms with Gasteiger partial charge in [-0.3, -0.25) is 0 Å². The van der Waals surface area contributed by atoms with Gasteiger partial charge in [-0.15, -0.1) is 0 Å². The van der Waals surface area contributed by atoms with Crippen molar-refractivity contribution in [2.75, 3.05) is 6.54 Å². The van der Waals surface area contributed by atoms with Crippen LogP contribution in [-0.2, 0) is 0 Å². The zero-order chi connectivity index (χ0) is 5.98. The van der Waals surface area contributed by atoms with E-state index in [9.17, 15) is 5.21 Å². The summed E-state index contributed by atoms with van der Waals surface area (Å²) in [6.07, 6.45) is 3.35. The molecule has 48 valence electrons. The molecule has 1 atom stereocenters. The summed E-state index contributed by atoms with van der Waals surface area (Å²) < 4.78 is 0. The van der Waals surface area contributed by atoms with Gasteiger partial charge in [0.25, 0.3) is 0 Å². The molecular weight excluding hydrogens is 102 g/mol. The molecule has 0 radical (unpaired) electrons. The molecule has 1 aliphatic carbocycles. The first kappa shape index (κ1) is 6.05. The van der Waals surface area contributed by atoms with Crippen LogP contribution in [0.3, 0.4) is 0 Å². The maximum Gasteiger partial charge on any atom is 0.0876 e. The van der Waals surface area contributed by atoms with Gasteiger partial charge in [0, 0.05) is 12.8 Å². The summed E-state index contributed by atoms with van der Waals surface area (Å²) in [4.78, 5) is 0. The van der Waals surface area contributed by atoms with E-state index in [-0.39, 0.29) is 0 Å². The van der Waals surface area contributed by atoms with Crippen LogP contribution < -0.4 is 5.06 Å². The van der Waals surface area contributed by atoms with Crippen LogP contribution in [0, 0.1) is 5.21 Å². The van der Waals surface area contributed by atoms with Gasteiger partial charge in [-0.05, 0) is 6.42 Å². The Bertz CT molecular complexity index is 70.9. The average Bonchev–Trinajstić information content (AvgIpc) is 2.45. The molecular formula is C6H13NO. The first-order chi connectivity index (χ1) is 3.84. The highest BCUT2D eigenvalue weighted by atomic mass is 16.5. The summed E-state index contributed by atoms with van der Waals surface area (Å²) in [5, 5.41) is 11.3. The van der Waals surface area contributed by atoms with Crippen LogP contribution in [0.5, 0.6) is 0 Å². The Kier molecular flexibility index (Phi) is 1.86. The van der Waals surface area contributed by atoms with Gasteiger partial charge in [-0.2, -0.15) is 0 Å². The lowest BCUT2D eigenvalue weighted by molar-refractivity contribution is -0.859. The fourth-order valence-electron chi connectivity index (χ4n) is 0.856. The molecule has 0 aromatic carbocycles. The minimum Gasteiger partial charge on any atom is -0.634 e. The lowest BCUT2D eigenvalue weighted by Crippen LogP contribution is -3.08. The zero-order valence-electron chi connectivity index (χ0n) is 5.31. The van der Waals surface area contributed by atoms with E-state index in [1.165, 1.54) is 12.8 Å². The minimum atomic E-state index is 0.481. The van der Waals surface area contributed by atoms with Crippen molar-refractivity contribution in [2.24, 2.45) is 0 Å². The molecule has 2 nitrogen and oxygen atoms in total. The largest absolute Gasteiger partial charge is 0.634 e. The molecule has 0 bridgehead atoms. The Morgan fingerprint density at radius 2 is 2.25 bits per heavy atom. The predicted molar refractivity (Wildman–Crippen MR) is 32.5 cm³/mol. The summed E-state index contributed by atoms with van der Waals surface area (Å²) in [6, 6.07) is 0.481. The molecule has 1 unspecified atom stereocenters. The second-order valence-corrected chi connectivity index (χ2v) is 2.49. The first-order valence-electron chi connectivity index (χ1n) is 3.37. The Hall–Kier alpha value is -0.0800. The lowest BCUT2D eigenvalue weighted by Gasteiger charge is -2.20. The van der Waals surface area contributed by atoms with Crippen molar-refractivity contribution >= 4 is 0 Å². The van der Waals surface area contributed by atoms with Crippen LogP contribution in [0.4, 0.5) is 0 Å². The number of hydrogen-bond acceptors (Lipinski definition) is 1. The van der Waals surface area contributed by atoms with Crippen molar-refractivity contribution in [3.05, 3.63) is 5.21 Å². The number of nitrogens with one attached hydrogen (secondary N) is 1. The van der Waals surface area contributed by atoms with Crippen LogP contribution in [0.2, 0.25) is 0 Å². The second-order valence-electron chi connectivity index (χ2n) is 2.49. The van der Waals surface area contributed by atoms with E-state index in [0.29, 0.717) is 11.1 Å². The van der Waals surface area contributed by atoms with Gasteiger partial charge in [-0.1, -0.05) is 6.92 Å². The van der Waals surface area contributed by atoms with E-state index in [1.807, 2.05) is 0 Å². The Morgan fingerprint density at radius 3 is 2.62 bits per heavy atom. The summed E-state index contributed by atoms with van der Waals surface area (Å²) in [7, 11) is 0. The van der Waals surface area contributed by atoms with Crippen molar-refractivity contribution in [3.8, 4) is 0 Å². The summed E-state index contributed by atoms with van der Waals surface area (Å²) in [5.74, 6) is 0. The monoisotopic (exact) mass is 115 g/mol. The van der Waals surface area contributed by atoms with Gasteiger partial charge in [-0.25, -0.2) is 0 Å². The van der Waals surface area contributed by atoms with Crippen molar-refractivity contribution in [3.63, 3.8) is 0 Å². The smallest absolute Gasteiger partial charge is 0.0876 e. The zero-order valence-corrected chi connectivity index (χ0v) is 5.31. The summed E-state index contributed by atoms with van der Waals surface area (Å²) >= 11 is 0. The Labute approximate surface area is 50.1 Å². The molecule has 1 rings (SSSR count). The van der Waals surface area contributed by atoms with E-state index in [2.05, 4.69) is 6.92 Å². The lowest BCUT2D eigenvalue weighted by atomic mass is 10.4. The van der Waals surface area contributed by atoms with Crippen LogP contribution in [0.1, 0.15) is 26.2 Å². The fourth-order valence-corrected chi connectivity index (χ4v) is 0.856. The molecule has 1 N–H and O–H groups in total. The van der Waals surface area contributed by atoms with E-state index in [0.717, 1.165) is 13.0 Å².